The number of carbonyl (C=O) groups excluding carboxylic acids is 1. The van der Waals surface area contributed by atoms with Gasteiger partial charge in [-0.25, -0.2) is 9.78 Å². The van der Waals surface area contributed by atoms with Crippen molar-refractivity contribution in [1.82, 2.24) is 4.98 Å². The molecule has 1 fully saturated rings. The second-order valence-corrected chi connectivity index (χ2v) is 5.98. The molecule has 0 radical (unpaired) electrons. The van der Waals surface area contributed by atoms with Gasteiger partial charge < -0.3 is 13.9 Å². The van der Waals surface area contributed by atoms with Crippen LogP contribution in [0.1, 0.15) is 68.8 Å². The summed E-state index contributed by atoms with van der Waals surface area (Å²) in [5.41, 5.74) is 0.340. The van der Waals surface area contributed by atoms with E-state index in [0.29, 0.717) is 11.6 Å². The molecule has 2 heterocycles. The molecule has 0 saturated carbocycles. The van der Waals surface area contributed by atoms with E-state index in [1.165, 1.54) is 7.11 Å². The van der Waals surface area contributed by atoms with E-state index in [-0.39, 0.29) is 23.4 Å². The lowest BCUT2D eigenvalue weighted by Crippen LogP contribution is -2.17. The van der Waals surface area contributed by atoms with Gasteiger partial charge in [-0.15, -0.1) is 0 Å². The zero-order chi connectivity index (χ0) is 14.2. The first kappa shape index (κ1) is 14.1. The largest absolute Gasteiger partial charge is 0.463 e. The van der Waals surface area contributed by atoms with Crippen molar-refractivity contribution in [3.63, 3.8) is 0 Å². The second kappa shape index (κ2) is 4.96. The Morgan fingerprint density at radius 2 is 2.05 bits per heavy atom. The number of ether oxygens (including phenoxy) is 2. The van der Waals surface area contributed by atoms with E-state index in [4.69, 9.17) is 13.9 Å². The average molecular weight is 267 g/mol. The number of nitrogens with zero attached hydrogens (tertiary/aromatic N) is 1. The number of hydrogen-bond donors (Lipinski definition) is 0. The fourth-order valence-corrected chi connectivity index (χ4v) is 2.20. The van der Waals surface area contributed by atoms with Crippen molar-refractivity contribution in [3.05, 3.63) is 17.3 Å². The molecule has 19 heavy (non-hydrogen) atoms. The van der Waals surface area contributed by atoms with Crippen molar-refractivity contribution >= 4 is 5.97 Å². The molecule has 5 nitrogen and oxygen atoms in total. The van der Waals surface area contributed by atoms with Gasteiger partial charge in [-0.05, 0) is 19.8 Å². The Morgan fingerprint density at radius 3 is 2.53 bits per heavy atom. The zero-order valence-corrected chi connectivity index (χ0v) is 12.1. The molecule has 0 spiro atoms. The molecular formula is C14H21NO4. The predicted molar refractivity (Wildman–Crippen MR) is 69.1 cm³/mol. The van der Waals surface area contributed by atoms with Gasteiger partial charge in [0.25, 0.3) is 0 Å². The van der Waals surface area contributed by atoms with Crippen molar-refractivity contribution in [1.29, 1.82) is 0 Å². The third-order valence-corrected chi connectivity index (χ3v) is 3.23. The van der Waals surface area contributed by atoms with Gasteiger partial charge in [0.05, 0.1) is 18.9 Å². The molecule has 0 N–H and O–H groups in total. The highest BCUT2D eigenvalue weighted by Gasteiger charge is 2.34. The summed E-state index contributed by atoms with van der Waals surface area (Å²) in [4.78, 5) is 16.3. The van der Waals surface area contributed by atoms with E-state index in [1.54, 1.807) is 0 Å². The van der Waals surface area contributed by atoms with Crippen LogP contribution >= 0.6 is 0 Å². The van der Waals surface area contributed by atoms with E-state index in [1.807, 2.05) is 27.7 Å². The van der Waals surface area contributed by atoms with E-state index in [9.17, 15) is 4.79 Å². The van der Waals surface area contributed by atoms with E-state index in [2.05, 4.69) is 4.98 Å². The van der Waals surface area contributed by atoms with Gasteiger partial charge in [-0.2, -0.15) is 0 Å². The monoisotopic (exact) mass is 267 g/mol. The Kier molecular flexibility index (Phi) is 3.67. The van der Waals surface area contributed by atoms with Crippen LogP contribution in [0.5, 0.6) is 0 Å². The van der Waals surface area contributed by atoms with Crippen molar-refractivity contribution in [2.24, 2.45) is 0 Å². The Morgan fingerprint density at radius 1 is 1.37 bits per heavy atom. The van der Waals surface area contributed by atoms with Gasteiger partial charge >= 0.3 is 5.97 Å². The maximum absolute atomic E-state index is 11.8. The number of aromatic nitrogens is 1. The minimum atomic E-state index is -0.491. The van der Waals surface area contributed by atoms with Crippen LogP contribution in [0.15, 0.2) is 4.42 Å². The van der Waals surface area contributed by atoms with Gasteiger partial charge in [0.15, 0.2) is 0 Å². The van der Waals surface area contributed by atoms with Crippen LogP contribution in [-0.4, -0.2) is 24.2 Å². The fraction of sp³-hybridized carbons (Fsp3) is 0.714. The zero-order valence-electron chi connectivity index (χ0n) is 12.1. The van der Waals surface area contributed by atoms with Crippen molar-refractivity contribution < 1.29 is 18.7 Å². The van der Waals surface area contributed by atoms with Crippen LogP contribution in [0.3, 0.4) is 0 Å². The molecule has 106 valence electrons. The molecule has 1 saturated heterocycles. The van der Waals surface area contributed by atoms with Crippen LogP contribution < -0.4 is 0 Å². The molecule has 1 aromatic rings. The topological polar surface area (TPSA) is 61.6 Å². The SMILES string of the molecule is COC(=O)c1oc(C2CCC(C)O2)nc1C(C)(C)C. The summed E-state index contributed by atoms with van der Waals surface area (Å²) in [5.74, 6) is 0.178. The first-order valence-corrected chi connectivity index (χ1v) is 6.58. The van der Waals surface area contributed by atoms with Crippen LogP contribution in [-0.2, 0) is 14.9 Å². The number of carbonyl (C=O) groups is 1. The molecular weight excluding hydrogens is 246 g/mol. The van der Waals surface area contributed by atoms with Crippen molar-refractivity contribution in [2.75, 3.05) is 7.11 Å². The van der Waals surface area contributed by atoms with Crippen LogP contribution in [0.2, 0.25) is 0 Å². The normalized spacial score (nSPS) is 23.6. The number of hydrogen-bond acceptors (Lipinski definition) is 5. The Hall–Kier alpha value is -1.36. The molecule has 0 bridgehead atoms. The molecule has 5 heteroatoms. The summed E-state index contributed by atoms with van der Waals surface area (Å²) in [7, 11) is 1.34. The molecule has 0 aromatic carbocycles. The molecule has 0 amide bonds. The fourth-order valence-electron chi connectivity index (χ4n) is 2.20. The Bertz CT molecular complexity index is 472. The first-order chi connectivity index (χ1) is 8.82. The van der Waals surface area contributed by atoms with Gasteiger partial charge in [0.1, 0.15) is 6.10 Å². The lowest BCUT2D eigenvalue weighted by Gasteiger charge is -2.15. The molecule has 1 aromatic heterocycles. The summed E-state index contributed by atoms with van der Waals surface area (Å²) in [6.07, 6.45) is 1.89. The summed E-state index contributed by atoms with van der Waals surface area (Å²) in [6.45, 7) is 7.98. The van der Waals surface area contributed by atoms with Crippen LogP contribution in [0, 0.1) is 0 Å². The third-order valence-electron chi connectivity index (χ3n) is 3.23. The van der Waals surface area contributed by atoms with Crippen molar-refractivity contribution in [2.45, 2.75) is 58.2 Å². The minimum Gasteiger partial charge on any atom is -0.463 e. The molecule has 2 rings (SSSR count). The number of oxazole rings is 1. The van der Waals surface area contributed by atoms with E-state index >= 15 is 0 Å². The summed E-state index contributed by atoms with van der Waals surface area (Å²) in [5, 5.41) is 0. The summed E-state index contributed by atoms with van der Waals surface area (Å²) >= 11 is 0. The Labute approximate surface area is 113 Å². The highest BCUT2D eigenvalue weighted by molar-refractivity contribution is 5.87. The van der Waals surface area contributed by atoms with Crippen molar-refractivity contribution in [3.8, 4) is 0 Å². The standard InChI is InChI=1S/C14H21NO4/c1-8-6-7-9(18-8)12-15-11(14(2,3)4)10(19-12)13(16)17-5/h8-9H,6-7H2,1-5H3. The van der Waals surface area contributed by atoms with Gasteiger partial charge in [-0.1, -0.05) is 20.8 Å². The smallest absolute Gasteiger partial charge is 0.376 e. The molecule has 1 aliphatic heterocycles. The molecule has 1 aliphatic rings. The highest BCUT2D eigenvalue weighted by Crippen LogP contribution is 2.35. The number of esters is 1. The van der Waals surface area contributed by atoms with Crippen LogP contribution in [0.4, 0.5) is 0 Å². The lowest BCUT2D eigenvalue weighted by molar-refractivity contribution is 0.0362. The van der Waals surface area contributed by atoms with Gasteiger partial charge in [0, 0.05) is 5.41 Å². The number of rotatable bonds is 2. The van der Waals surface area contributed by atoms with E-state index < -0.39 is 5.97 Å². The molecule has 0 aliphatic carbocycles. The summed E-state index contributed by atoms with van der Waals surface area (Å²) < 4.78 is 16.1. The first-order valence-electron chi connectivity index (χ1n) is 6.58. The summed E-state index contributed by atoms with van der Waals surface area (Å²) in [6, 6.07) is 0. The minimum absolute atomic E-state index is 0.158. The Balaban J connectivity index is 2.37. The quantitative estimate of drug-likeness (QED) is 0.771. The molecule has 2 unspecified atom stereocenters. The van der Waals surface area contributed by atoms with Gasteiger partial charge in [0.2, 0.25) is 11.7 Å². The third kappa shape index (κ3) is 2.81. The maximum atomic E-state index is 11.8. The van der Waals surface area contributed by atoms with Gasteiger partial charge in [-0.3, -0.25) is 0 Å². The van der Waals surface area contributed by atoms with E-state index in [0.717, 1.165) is 12.8 Å². The number of methoxy groups -OCH3 is 1. The second-order valence-electron chi connectivity index (χ2n) is 5.98. The lowest BCUT2D eigenvalue weighted by atomic mass is 9.91. The highest BCUT2D eigenvalue weighted by atomic mass is 16.5. The maximum Gasteiger partial charge on any atom is 0.376 e. The average Bonchev–Trinajstić information content (AvgIpc) is 2.92. The molecule has 2 atom stereocenters. The van der Waals surface area contributed by atoms with Crippen LogP contribution in [0.25, 0.3) is 0 Å². The predicted octanol–water partition coefficient (Wildman–Crippen LogP) is 3.00.